The maximum Gasteiger partial charge on any atom is 0.278 e. The fourth-order valence-electron chi connectivity index (χ4n) is 6.87. The van der Waals surface area contributed by atoms with Crippen LogP contribution in [0.2, 0.25) is 0 Å². The van der Waals surface area contributed by atoms with E-state index >= 15 is 0 Å². The molecule has 236 valence electrons. The van der Waals surface area contributed by atoms with Gasteiger partial charge in [0.15, 0.2) is 11.5 Å². The van der Waals surface area contributed by atoms with E-state index in [0.717, 1.165) is 49.7 Å². The average molecular weight is 612 g/mol. The van der Waals surface area contributed by atoms with E-state index in [4.69, 9.17) is 9.72 Å². The lowest BCUT2D eigenvalue weighted by Crippen LogP contribution is -2.44. The lowest BCUT2D eigenvalue weighted by atomic mass is 10.1. The summed E-state index contributed by atoms with van der Waals surface area (Å²) in [4.78, 5) is 34.7. The molecule has 4 aromatic rings. The van der Waals surface area contributed by atoms with Crippen molar-refractivity contribution in [2.45, 2.75) is 57.0 Å². The highest BCUT2D eigenvalue weighted by molar-refractivity contribution is 5.77. The molecule has 0 saturated carbocycles. The van der Waals surface area contributed by atoms with Crippen LogP contribution in [0.5, 0.6) is 5.75 Å². The van der Waals surface area contributed by atoms with E-state index in [2.05, 4.69) is 56.7 Å². The van der Waals surface area contributed by atoms with E-state index in [-0.39, 0.29) is 18.2 Å². The molecule has 45 heavy (non-hydrogen) atoms. The van der Waals surface area contributed by atoms with Gasteiger partial charge in [-0.3, -0.25) is 9.69 Å². The number of nitrogens with one attached hydrogen (secondary N) is 1. The highest BCUT2D eigenvalue weighted by Gasteiger charge is 2.42. The van der Waals surface area contributed by atoms with Gasteiger partial charge in [-0.2, -0.15) is 4.98 Å². The van der Waals surface area contributed by atoms with Gasteiger partial charge in [0.1, 0.15) is 22.8 Å². The number of aliphatic hydroxyl groups is 1. The number of pyridine rings is 1. The van der Waals surface area contributed by atoms with Crippen LogP contribution in [0, 0.1) is 0 Å². The normalized spacial score (nSPS) is 22.1. The van der Waals surface area contributed by atoms with Crippen molar-refractivity contribution in [3.05, 3.63) is 71.3 Å². The van der Waals surface area contributed by atoms with Crippen LogP contribution < -0.4 is 20.5 Å². The van der Waals surface area contributed by atoms with Crippen LogP contribution in [0.1, 0.15) is 32.4 Å². The summed E-state index contributed by atoms with van der Waals surface area (Å²) in [6.07, 6.45) is 5.49. The van der Waals surface area contributed by atoms with E-state index in [1.165, 1.54) is 11.1 Å². The third kappa shape index (κ3) is 5.47. The molecule has 0 aliphatic carbocycles. The SMILES string of the molecule is C=CCn1c(=O)c2cnc(Nc3ccc(N4C[C@@H]5C[C@H]4CN5C)c(OC4CCN(C)C4)c3)nc2n1-c1cccc(C(C)(C)O)n1. The first kappa shape index (κ1) is 29.5. The Morgan fingerprint density at radius 1 is 1.13 bits per heavy atom. The maximum atomic E-state index is 13.4. The van der Waals surface area contributed by atoms with E-state index < -0.39 is 5.60 Å². The molecule has 1 aromatic carbocycles. The Labute approximate surface area is 262 Å². The minimum Gasteiger partial charge on any atom is -0.487 e. The minimum absolute atomic E-state index is 0.130. The Morgan fingerprint density at radius 2 is 1.98 bits per heavy atom. The summed E-state index contributed by atoms with van der Waals surface area (Å²) in [5.74, 6) is 1.66. The highest BCUT2D eigenvalue weighted by atomic mass is 16.5. The largest absolute Gasteiger partial charge is 0.487 e. The smallest absolute Gasteiger partial charge is 0.278 e. The summed E-state index contributed by atoms with van der Waals surface area (Å²) < 4.78 is 9.85. The van der Waals surface area contributed by atoms with Crippen molar-refractivity contribution < 1.29 is 9.84 Å². The van der Waals surface area contributed by atoms with Crippen LogP contribution in [0.25, 0.3) is 16.9 Å². The minimum atomic E-state index is -1.16. The van der Waals surface area contributed by atoms with E-state index in [0.29, 0.717) is 40.6 Å². The molecule has 3 atom stereocenters. The van der Waals surface area contributed by atoms with Crippen molar-refractivity contribution in [2.75, 3.05) is 50.5 Å². The number of fused-ring (bicyclic) bond motifs is 3. The van der Waals surface area contributed by atoms with Gasteiger partial charge in [0.05, 0.1) is 17.9 Å². The molecule has 6 heterocycles. The number of anilines is 3. The molecule has 3 aliphatic heterocycles. The molecular weight excluding hydrogens is 570 g/mol. The molecule has 3 saturated heterocycles. The van der Waals surface area contributed by atoms with Crippen LogP contribution in [-0.4, -0.2) is 97.7 Å². The topological polar surface area (TPSA) is 117 Å². The van der Waals surface area contributed by atoms with Crippen LogP contribution >= 0.6 is 0 Å². The molecule has 7 rings (SSSR count). The molecule has 0 spiro atoms. The van der Waals surface area contributed by atoms with Crippen LogP contribution in [0.4, 0.5) is 17.3 Å². The van der Waals surface area contributed by atoms with Gasteiger partial charge in [0.25, 0.3) is 5.56 Å². The first-order valence-corrected chi connectivity index (χ1v) is 15.6. The Hall–Kier alpha value is -4.26. The predicted molar refractivity (Wildman–Crippen MR) is 175 cm³/mol. The van der Waals surface area contributed by atoms with Gasteiger partial charge < -0.3 is 25.0 Å². The lowest BCUT2D eigenvalue weighted by Gasteiger charge is -2.35. The van der Waals surface area contributed by atoms with Crippen molar-refractivity contribution in [2.24, 2.45) is 0 Å². The van der Waals surface area contributed by atoms with Crippen molar-refractivity contribution in [3.63, 3.8) is 0 Å². The quantitative estimate of drug-likeness (QED) is 0.274. The molecule has 12 nitrogen and oxygen atoms in total. The summed E-state index contributed by atoms with van der Waals surface area (Å²) in [6.45, 7) is 11.4. The fraction of sp³-hybridized carbons (Fsp3) is 0.455. The Morgan fingerprint density at radius 3 is 2.67 bits per heavy atom. The van der Waals surface area contributed by atoms with E-state index in [1.807, 2.05) is 12.1 Å². The van der Waals surface area contributed by atoms with E-state index in [9.17, 15) is 9.90 Å². The number of likely N-dealkylation sites (N-methyl/N-ethyl adjacent to an activating group) is 2. The van der Waals surface area contributed by atoms with Crippen molar-refractivity contribution in [1.82, 2.24) is 34.1 Å². The summed E-state index contributed by atoms with van der Waals surface area (Å²) in [7, 11) is 4.34. The molecule has 2 N–H and O–H groups in total. The molecular formula is C33H41N9O3. The van der Waals surface area contributed by atoms with Gasteiger partial charge in [0.2, 0.25) is 5.95 Å². The average Bonchev–Trinajstić information content (AvgIpc) is 3.77. The molecule has 0 amide bonds. The van der Waals surface area contributed by atoms with Crippen molar-refractivity contribution >= 4 is 28.4 Å². The molecule has 0 radical (unpaired) electrons. The first-order valence-electron chi connectivity index (χ1n) is 15.6. The number of likely N-dealkylation sites (tertiary alicyclic amines) is 2. The van der Waals surface area contributed by atoms with Crippen LogP contribution in [-0.2, 0) is 12.1 Å². The summed E-state index contributed by atoms with van der Waals surface area (Å²) in [6, 6.07) is 12.6. The zero-order chi connectivity index (χ0) is 31.5. The number of aromatic nitrogens is 5. The Balaban J connectivity index is 1.25. The zero-order valence-electron chi connectivity index (χ0n) is 26.3. The second kappa shape index (κ2) is 11.3. The molecule has 1 unspecified atom stereocenters. The third-order valence-corrected chi connectivity index (χ3v) is 9.24. The first-order chi connectivity index (χ1) is 21.6. The van der Waals surface area contributed by atoms with Gasteiger partial charge in [-0.1, -0.05) is 12.1 Å². The van der Waals surface area contributed by atoms with Gasteiger partial charge in [-0.25, -0.2) is 19.3 Å². The second-order valence-corrected chi connectivity index (χ2v) is 13.1. The number of allylic oxidation sites excluding steroid dienone is 1. The second-order valence-electron chi connectivity index (χ2n) is 13.1. The number of ether oxygens (including phenoxy) is 1. The van der Waals surface area contributed by atoms with Gasteiger partial charge >= 0.3 is 0 Å². The molecule has 3 aliphatic rings. The zero-order valence-corrected chi connectivity index (χ0v) is 26.3. The summed E-state index contributed by atoms with van der Waals surface area (Å²) >= 11 is 0. The summed E-state index contributed by atoms with van der Waals surface area (Å²) in [5.41, 5.74) is 1.39. The monoisotopic (exact) mass is 611 g/mol. The molecule has 3 aromatic heterocycles. The molecule has 12 heteroatoms. The Bertz CT molecular complexity index is 1810. The number of piperazine rings is 1. The van der Waals surface area contributed by atoms with Gasteiger partial charge in [0, 0.05) is 56.2 Å². The molecule has 3 fully saturated rings. The van der Waals surface area contributed by atoms with Crippen LogP contribution in [0.3, 0.4) is 0 Å². The number of nitrogens with zero attached hydrogens (tertiary/aromatic N) is 8. The van der Waals surface area contributed by atoms with Gasteiger partial charge in [-0.05, 0) is 65.0 Å². The number of hydrogen-bond acceptors (Lipinski definition) is 10. The van der Waals surface area contributed by atoms with Crippen molar-refractivity contribution in [1.29, 1.82) is 0 Å². The highest BCUT2D eigenvalue weighted by Crippen LogP contribution is 2.41. The third-order valence-electron chi connectivity index (χ3n) is 9.24. The summed E-state index contributed by atoms with van der Waals surface area (Å²) in [5, 5.41) is 14.3. The predicted octanol–water partition coefficient (Wildman–Crippen LogP) is 3.11. The van der Waals surface area contributed by atoms with Gasteiger partial charge in [-0.15, -0.1) is 6.58 Å². The fourth-order valence-corrected chi connectivity index (χ4v) is 6.87. The van der Waals surface area contributed by atoms with E-state index in [1.54, 1.807) is 49.0 Å². The lowest BCUT2D eigenvalue weighted by molar-refractivity contribution is 0.0738. The van der Waals surface area contributed by atoms with Crippen LogP contribution in [0.15, 0.2) is 60.0 Å². The number of benzene rings is 1. The standard InChI is InChI=1S/C33H41N9O3/c1-6-13-41-31(43)25-17-34-32(37-30(25)42(41)29-9-7-8-28(36-29)33(2,3)44)35-21-10-11-26(40-19-22-16-23(40)18-39(22)5)27(15-21)45-24-12-14-38(4)20-24/h6-11,15,17,22-24,44H,1,12-14,16,18-20H2,2-5H3,(H,34,35,37)/t22-,23-,24?/m0/s1. The molecule has 2 bridgehead atoms. The van der Waals surface area contributed by atoms with Crippen molar-refractivity contribution in [3.8, 4) is 11.6 Å². The maximum absolute atomic E-state index is 13.4. The number of rotatable bonds is 9. The Kier molecular flexibility index (Phi) is 7.38. The number of hydrogen-bond donors (Lipinski definition) is 2.